The Labute approximate surface area is 64.6 Å². The number of aliphatic imine (C=N–C) groups is 1. The van der Waals surface area contributed by atoms with Gasteiger partial charge < -0.3 is 0 Å². The first-order valence-corrected chi connectivity index (χ1v) is 3.50. The molecule has 1 aliphatic rings. The molecule has 54 valence electrons. The SMILES string of the molecule is O=C1C=NCc2ccccc21. The van der Waals surface area contributed by atoms with E-state index in [0.29, 0.717) is 6.54 Å². The standard InChI is InChI=1S/C9H7NO/c11-9-6-10-5-7-3-1-2-4-8(7)9/h1-4,6H,5H2. The van der Waals surface area contributed by atoms with Crippen LogP contribution in [0.25, 0.3) is 0 Å². The van der Waals surface area contributed by atoms with Crippen molar-refractivity contribution in [3.63, 3.8) is 0 Å². The summed E-state index contributed by atoms with van der Waals surface area (Å²) in [6, 6.07) is 7.56. The summed E-state index contributed by atoms with van der Waals surface area (Å²) in [6.45, 7) is 0.641. The minimum atomic E-state index is 0.0202. The number of fused-ring (bicyclic) bond motifs is 1. The molecule has 0 aromatic heterocycles. The van der Waals surface area contributed by atoms with Gasteiger partial charge in [0, 0.05) is 5.56 Å². The molecule has 0 fully saturated rings. The van der Waals surface area contributed by atoms with Crippen molar-refractivity contribution in [2.75, 3.05) is 0 Å². The van der Waals surface area contributed by atoms with Crippen LogP contribution in [-0.2, 0) is 6.54 Å². The monoisotopic (exact) mass is 145 g/mol. The van der Waals surface area contributed by atoms with Crippen LogP contribution in [0.2, 0.25) is 0 Å². The second-order valence-electron chi connectivity index (χ2n) is 2.49. The third kappa shape index (κ3) is 0.963. The zero-order valence-electron chi connectivity index (χ0n) is 5.95. The Morgan fingerprint density at radius 3 is 2.91 bits per heavy atom. The molecule has 1 aromatic rings. The second-order valence-corrected chi connectivity index (χ2v) is 2.49. The Morgan fingerprint density at radius 2 is 2.09 bits per heavy atom. The molecule has 1 aromatic carbocycles. The third-order valence-corrected chi connectivity index (χ3v) is 1.75. The topological polar surface area (TPSA) is 29.4 Å². The van der Waals surface area contributed by atoms with Gasteiger partial charge in [-0.2, -0.15) is 0 Å². The molecule has 0 saturated heterocycles. The molecule has 0 spiro atoms. The van der Waals surface area contributed by atoms with E-state index in [4.69, 9.17) is 0 Å². The Bertz CT molecular complexity index is 328. The maximum atomic E-state index is 11.1. The summed E-state index contributed by atoms with van der Waals surface area (Å²) in [6.07, 6.45) is 1.39. The molecular weight excluding hydrogens is 138 g/mol. The van der Waals surface area contributed by atoms with Crippen molar-refractivity contribution in [3.05, 3.63) is 35.4 Å². The molecule has 0 atom stereocenters. The summed E-state index contributed by atoms with van der Waals surface area (Å²) >= 11 is 0. The van der Waals surface area contributed by atoms with Gasteiger partial charge in [0.25, 0.3) is 0 Å². The molecule has 0 amide bonds. The van der Waals surface area contributed by atoms with Crippen LogP contribution in [0.3, 0.4) is 0 Å². The van der Waals surface area contributed by atoms with Crippen LogP contribution in [0.5, 0.6) is 0 Å². The van der Waals surface area contributed by atoms with Gasteiger partial charge >= 0.3 is 0 Å². The van der Waals surface area contributed by atoms with Gasteiger partial charge in [0.1, 0.15) is 0 Å². The lowest BCUT2D eigenvalue weighted by Crippen LogP contribution is -2.09. The molecular formula is C9H7NO. The fraction of sp³-hybridized carbons (Fsp3) is 0.111. The predicted octanol–water partition coefficient (Wildman–Crippen LogP) is 1.45. The smallest absolute Gasteiger partial charge is 0.203 e. The fourth-order valence-corrected chi connectivity index (χ4v) is 1.20. The molecule has 1 heterocycles. The summed E-state index contributed by atoms with van der Waals surface area (Å²) in [5.41, 5.74) is 1.82. The molecule has 0 aliphatic carbocycles. The van der Waals surface area contributed by atoms with Crippen molar-refractivity contribution in [2.24, 2.45) is 4.99 Å². The molecule has 2 nitrogen and oxygen atoms in total. The highest BCUT2D eigenvalue weighted by Crippen LogP contribution is 2.13. The van der Waals surface area contributed by atoms with Gasteiger partial charge in [0.2, 0.25) is 5.78 Å². The number of rotatable bonds is 0. The molecule has 0 radical (unpaired) electrons. The van der Waals surface area contributed by atoms with Crippen molar-refractivity contribution in [1.82, 2.24) is 0 Å². The van der Waals surface area contributed by atoms with Crippen molar-refractivity contribution < 1.29 is 4.79 Å². The summed E-state index contributed by atoms with van der Waals surface area (Å²) in [7, 11) is 0. The average Bonchev–Trinajstić information content (AvgIpc) is 2.06. The Kier molecular flexibility index (Phi) is 1.32. The van der Waals surface area contributed by atoms with Gasteiger partial charge in [0.05, 0.1) is 12.8 Å². The molecule has 2 rings (SSSR count). The number of carbonyl (C=O) groups excluding carboxylic acids is 1. The van der Waals surface area contributed by atoms with Crippen LogP contribution in [0, 0.1) is 0 Å². The maximum absolute atomic E-state index is 11.1. The predicted molar refractivity (Wildman–Crippen MR) is 43.0 cm³/mol. The van der Waals surface area contributed by atoms with Crippen molar-refractivity contribution in [2.45, 2.75) is 6.54 Å². The number of Topliss-reactive ketones (excluding diaryl/α,β-unsaturated/α-hetero) is 1. The van der Waals surface area contributed by atoms with Gasteiger partial charge in [-0.05, 0) is 5.56 Å². The molecule has 0 N–H and O–H groups in total. The van der Waals surface area contributed by atoms with Crippen LogP contribution in [0.1, 0.15) is 15.9 Å². The summed E-state index contributed by atoms with van der Waals surface area (Å²) in [4.78, 5) is 15.1. The Balaban J connectivity index is 2.59. The van der Waals surface area contributed by atoms with E-state index in [0.717, 1.165) is 11.1 Å². The van der Waals surface area contributed by atoms with E-state index in [1.54, 1.807) is 0 Å². The van der Waals surface area contributed by atoms with Gasteiger partial charge in [-0.1, -0.05) is 24.3 Å². The summed E-state index contributed by atoms with van der Waals surface area (Å²) in [5.74, 6) is 0.0202. The highest BCUT2D eigenvalue weighted by Gasteiger charge is 2.11. The van der Waals surface area contributed by atoms with Crippen molar-refractivity contribution in [1.29, 1.82) is 0 Å². The van der Waals surface area contributed by atoms with Gasteiger partial charge in [-0.25, -0.2) is 0 Å². The Hall–Kier alpha value is -1.44. The largest absolute Gasteiger partial charge is 0.288 e. The van der Waals surface area contributed by atoms with E-state index in [-0.39, 0.29) is 5.78 Å². The number of benzene rings is 1. The first-order valence-electron chi connectivity index (χ1n) is 3.50. The third-order valence-electron chi connectivity index (χ3n) is 1.75. The number of nitrogens with zero attached hydrogens (tertiary/aromatic N) is 1. The highest BCUT2D eigenvalue weighted by molar-refractivity contribution is 6.36. The first-order chi connectivity index (χ1) is 5.38. The average molecular weight is 145 g/mol. The van der Waals surface area contributed by atoms with Crippen LogP contribution >= 0.6 is 0 Å². The lowest BCUT2D eigenvalue weighted by molar-refractivity contribution is 0.106. The zero-order chi connectivity index (χ0) is 7.68. The molecule has 11 heavy (non-hydrogen) atoms. The van der Waals surface area contributed by atoms with E-state index < -0.39 is 0 Å². The second kappa shape index (κ2) is 2.31. The lowest BCUT2D eigenvalue weighted by atomic mass is 10.0. The number of hydrogen-bond acceptors (Lipinski definition) is 2. The van der Waals surface area contributed by atoms with E-state index in [1.807, 2.05) is 24.3 Å². The summed E-state index contributed by atoms with van der Waals surface area (Å²) in [5, 5.41) is 0. The van der Waals surface area contributed by atoms with Gasteiger partial charge in [-0.3, -0.25) is 9.79 Å². The molecule has 0 bridgehead atoms. The summed E-state index contributed by atoms with van der Waals surface area (Å²) < 4.78 is 0. The van der Waals surface area contributed by atoms with Gasteiger partial charge in [-0.15, -0.1) is 0 Å². The van der Waals surface area contributed by atoms with E-state index in [9.17, 15) is 4.79 Å². The molecule has 1 aliphatic heterocycles. The zero-order valence-corrected chi connectivity index (χ0v) is 5.95. The Morgan fingerprint density at radius 1 is 1.27 bits per heavy atom. The minimum absolute atomic E-state index is 0.0202. The molecule has 2 heteroatoms. The lowest BCUT2D eigenvalue weighted by Gasteiger charge is -2.07. The quantitative estimate of drug-likeness (QED) is 0.543. The minimum Gasteiger partial charge on any atom is -0.288 e. The fourth-order valence-electron chi connectivity index (χ4n) is 1.20. The molecule has 0 unspecified atom stereocenters. The number of hydrogen-bond donors (Lipinski definition) is 0. The normalized spacial score (nSPS) is 14.7. The van der Waals surface area contributed by atoms with E-state index >= 15 is 0 Å². The van der Waals surface area contributed by atoms with Crippen molar-refractivity contribution >= 4 is 12.0 Å². The van der Waals surface area contributed by atoms with Crippen LogP contribution in [-0.4, -0.2) is 12.0 Å². The van der Waals surface area contributed by atoms with Crippen LogP contribution in [0.4, 0.5) is 0 Å². The highest BCUT2D eigenvalue weighted by atomic mass is 16.1. The van der Waals surface area contributed by atoms with E-state index in [1.165, 1.54) is 6.21 Å². The van der Waals surface area contributed by atoms with E-state index in [2.05, 4.69) is 4.99 Å². The number of ketones is 1. The van der Waals surface area contributed by atoms with Gasteiger partial charge in [0.15, 0.2) is 0 Å². The first kappa shape index (κ1) is 6.28. The van der Waals surface area contributed by atoms with Crippen LogP contribution < -0.4 is 0 Å². The van der Waals surface area contributed by atoms with Crippen LogP contribution in [0.15, 0.2) is 29.3 Å². The maximum Gasteiger partial charge on any atom is 0.203 e. The van der Waals surface area contributed by atoms with Crippen molar-refractivity contribution in [3.8, 4) is 0 Å². The molecule has 0 saturated carbocycles. The number of carbonyl (C=O) groups is 1.